The number of aromatic nitrogens is 2. The number of benzene rings is 2. The van der Waals surface area contributed by atoms with Gasteiger partial charge >= 0.3 is 0 Å². The SMILES string of the molecule is CCN(CC)S(=O)(=O)c1ccc2nc(N3CCN(c4cccc(C)c4)CC3)cnc2c1. The molecule has 31 heavy (non-hydrogen) atoms. The number of anilines is 2. The summed E-state index contributed by atoms with van der Waals surface area (Å²) in [5.41, 5.74) is 3.82. The Morgan fingerprint density at radius 3 is 2.32 bits per heavy atom. The highest BCUT2D eigenvalue weighted by Crippen LogP contribution is 2.24. The van der Waals surface area contributed by atoms with Crippen molar-refractivity contribution in [3.63, 3.8) is 0 Å². The van der Waals surface area contributed by atoms with Crippen LogP contribution in [-0.4, -0.2) is 62.0 Å². The predicted molar refractivity (Wildman–Crippen MR) is 125 cm³/mol. The number of hydrogen-bond donors (Lipinski definition) is 0. The minimum atomic E-state index is -3.51. The zero-order chi connectivity index (χ0) is 22.0. The lowest BCUT2D eigenvalue weighted by molar-refractivity contribution is 0.445. The standard InChI is InChI=1S/C23H29N5O2S/c1-4-28(5-2)31(29,30)20-9-10-21-22(16-20)24-17-23(25-21)27-13-11-26(12-14-27)19-8-6-7-18(3)15-19/h6-10,15-17H,4-5,11-14H2,1-3H3. The summed E-state index contributed by atoms with van der Waals surface area (Å²) in [7, 11) is -3.51. The van der Waals surface area contributed by atoms with E-state index in [9.17, 15) is 8.42 Å². The van der Waals surface area contributed by atoms with Crippen LogP contribution in [0.5, 0.6) is 0 Å². The van der Waals surface area contributed by atoms with E-state index in [-0.39, 0.29) is 4.90 Å². The Balaban J connectivity index is 1.51. The topological polar surface area (TPSA) is 69.6 Å². The molecule has 0 radical (unpaired) electrons. The maximum Gasteiger partial charge on any atom is 0.243 e. The van der Waals surface area contributed by atoms with E-state index in [1.807, 2.05) is 13.8 Å². The second-order valence-corrected chi connectivity index (χ2v) is 9.72. The maximum atomic E-state index is 12.8. The van der Waals surface area contributed by atoms with Gasteiger partial charge in [-0.2, -0.15) is 4.31 Å². The highest BCUT2D eigenvalue weighted by Gasteiger charge is 2.23. The Hall–Kier alpha value is -2.71. The van der Waals surface area contributed by atoms with Crippen molar-refractivity contribution in [1.29, 1.82) is 0 Å². The zero-order valence-corrected chi connectivity index (χ0v) is 19.1. The number of piperazine rings is 1. The molecule has 0 saturated carbocycles. The smallest absolute Gasteiger partial charge is 0.243 e. The van der Waals surface area contributed by atoms with Gasteiger partial charge in [-0.25, -0.2) is 13.4 Å². The number of nitrogens with zero attached hydrogens (tertiary/aromatic N) is 5. The summed E-state index contributed by atoms with van der Waals surface area (Å²) >= 11 is 0. The van der Waals surface area contributed by atoms with Crippen molar-refractivity contribution in [2.45, 2.75) is 25.7 Å². The number of rotatable bonds is 6. The van der Waals surface area contributed by atoms with Gasteiger partial charge in [-0.05, 0) is 42.8 Å². The zero-order valence-electron chi connectivity index (χ0n) is 18.3. The summed E-state index contributed by atoms with van der Waals surface area (Å²) in [5, 5.41) is 0. The largest absolute Gasteiger partial charge is 0.368 e. The van der Waals surface area contributed by atoms with Crippen molar-refractivity contribution in [2.24, 2.45) is 0 Å². The molecule has 164 valence electrons. The fraction of sp³-hybridized carbons (Fsp3) is 0.391. The van der Waals surface area contributed by atoms with Gasteiger partial charge < -0.3 is 9.80 Å². The third-order valence-corrected chi connectivity index (χ3v) is 7.86. The van der Waals surface area contributed by atoms with Crippen molar-refractivity contribution in [1.82, 2.24) is 14.3 Å². The molecule has 2 heterocycles. The summed E-state index contributed by atoms with van der Waals surface area (Å²) in [6, 6.07) is 13.6. The molecular weight excluding hydrogens is 410 g/mol. The van der Waals surface area contributed by atoms with E-state index in [0.717, 1.165) is 32.0 Å². The number of sulfonamides is 1. The second-order valence-electron chi connectivity index (χ2n) is 7.78. The van der Waals surface area contributed by atoms with E-state index in [1.54, 1.807) is 24.4 Å². The summed E-state index contributed by atoms with van der Waals surface area (Å²) in [5.74, 6) is 0.829. The minimum Gasteiger partial charge on any atom is -0.368 e. The average molecular weight is 440 g/mol. The third-order valence-electron chi connectivity index (χ3n) is 5.81. The molecule has 0 aliphatic carbocycles. The van der Waals surface area contributed by atoms with Crippen LogP contribution in [0.15, 0.2) is 53.6 Å². The molecule has 8 heteroatoms. The van der Waals surface area contributed by atoms with Gasteiger partial charge in [-0.1, -0.05) is 26.0 Å². The van der Waals surface area contributed by atoms with Crippen LogP contribution in [0.1, 0.15) is 19.4 Å². The van der Waals surface area contributed by atoms with Crippen LogP contribution in [0, 0.1) is 6.92 Å². The second kappa shape index (κ2) is 8.80. The van der Waals surface area contributed by atoms with Gasteiger partial charge in [0.05, 0.1) is 22.1 Å². The minimum absolute atomic E-state index is 0.262. The molecule has 0 atom stereocenters. The number of hydrogen-bond acceptors (Lipinski definition) is 6. The van der Waals surface area contributed by atoms with E-state index in [2.05, 4.69) is 46.0 Å². The van der Waals surface area contributed by atoms with E-state index in [1.165, 1.54) is 15.6 Å². The Morgan fingerprint density at radius 2 is 1.65 bits per heavy atom. The first kappa shape index (κ1) is 21.5. The van der Waals surface area contributed by atoms with Crippen molar-refractivity contribution in [3.8, 4) is 0 Å². The molecule has 1 aliphatic heterocycles. The van der Waals surface area contributed by atoms with Crippen LogP contribution >= 0.6 is 0 Å². The quantitative estimate of drug-likeness (QED) is 0.587. The Labute approximate surface area is 184 Å². The first-order chi connectivity index (χ1) is 14.9. The molecule has 4 rings (SSSR count). The molecule has 1 aromatic heterocycles. The van der Waals surface area contributed by atoms with Crippen LogP contribution in [0.25, 0.3) is 11.0 Å². The monoisotopic (exact) mass is 439 g/mol. The van der Waals surface area contributed by atoms with Gasteiger partial charge in [0.15, 0.2) is 0 Å². The Kier molecular flexibility index (Phi) is 6.11. The van der Waals surface area contributed by atoms with E-state index < -0.39 is 10.0 Å². The normalized spacial score (nSPS) is 15.1. The van der Waals surface area contributed by atoms with Crippen molar-refractivity contribution in [2.75, 3.05) is 49.1 Å². The van der Waals surface area contributed by atoms with E-state index in [0.29, 0.717) is 24.1 Å². The maximum absolute atomic E-state index is 12.8. The molecule has 0 bridgehead atoms. The molecule has 0 spiro atoms. The van der Waals surface area contributed by atoms with Crippen LogP contribution in [0.3, 0.4) is 0 Å². The lowest BCUT2D eigenvalue weighted by Gasteiger charge is -2.36. The predicted octanol–water partition coefficient (Wildman–Crippen LogP) is 3.30. The Bertz CT molecular complexity index is 1170. The molecule has 0 amide bonds. The molecular formula is C23H29N5O2S. The third kappa shape index (κ3) is 4.36. The fourth-order valence-corrected chi connectivity index (χ4v) is 5.50. The van der Waals surface area contributed by atoms with Crippen LogP contribution in [-0.2, 0) is 10.0 Å². The van der Waals surface area contributed by atoms with Gasteiger partial charge in [-0.15, -0.1) is 0 Å². The Morgan fingerprint density at radius 1 is 0.935 bits per heavy atom. The molecule has 0 unspecified atom stereocenters. The van der Waals surface area contributed by atoms with Gasteiger partial charge in [-0.3, -0.25) is 4.98 Å². The molecule has 0 N–H and O–H groups in total. The lowest BCUT2D eigenvalue weighted by atomic mass is 10.2. The van der Waals surface area contributed by atoms with Crippen molar-refractivity contribution < 1.29 is 8.42 Å². The van der Waals surface area contributed by atoms with E-state index >= 15 is 0 Å². The molecule has 7 nitrogen and oxygen atoms in total. The van der Waals surface area contributed by atoms with Crippen LogP contribution < -0.4 is 9.80 Å². The molecule has 2 aromatic carbocycles. The molecule has 1 saturated heterocycles. The summed E-state index contributed by atoms with van der Waals surface area (Å²) < 4.78 is 27.0. The highest BCUT2D eigenvalue weighted by atomic mass is 32.2. The first-order valence-electron chi connectivity index (χ1n) is 10.8. The van der Waals surface area contributed by atoms with Gasteiger partial charge in [0, 0.05) is 45.0 Å². The van der Waals surface area contributed by atoms with Crippen LogP contribution in [0.2, 0.25) is 0 Å². The fourth-order valence-electron chi connectivity index (χ4n) is 4.02. The number of fused-ring (bicyclic) bond motifs is 1. The molecule has 1 fully saturated rings. The first-order valence-corrected chi connectivity index (χ1v) is 12.2. The summed E-state index contributed by atoms with van der Waals surface area (Å²) in [6.07, 6.45) is 1.75. The lowest BCUT2D eigenvalue weighted by Crippen LogP contribution is -2.46. The highest BCUT2D eigenvalue weighted by molar-refractivity contribution is 7.89. The summed E-state index contributed by atoms with van der Waals surface area (Å²) in [6.45, 7) is 10.2. The molecule has 3 aromatic rings. The van der Waals surface area contributed by atoms with Crippen molar-refractivity contribution in [3.05, 3.63) is 54.2 Å². The summed E-state index contributed by atoms with van der Waals surface area (Å²) in [4.78, 5) is 14.2. The van der Waals surface area contributed by atoms with Crippen LogP contribution in [0.4, 0.5) is 11.5 Å². The van der Waals surface area contributed by atoms with Gasteiger partial charge in [0.1, 0.15) is 5.82 Å². The van der Waals surface area contributed by atoms with Crippen molar-refractivity contribution >= 4 is 32.6 Å². The number of aryl methyl sites for hydroxylation is 1. The van der Waals surface area contributed by atoms with Gasteiger partial charge in [0.25, 0.3) is 0 Å². The van der Waals surface area contributed by atoms with Gasteiger partial charge in [0.2, 0.25) is 10.0 Å². The average Bonchev–Trinajstić information content (AvgIpc) is 2.79. The molecule has 1 aliphatic rings. The van der Waals surface area contributed by atoms with E-state index in [4.69, 9.17) is 4.98 Å².